The molecule has 0 spiro atoms. The summed E-state index contributed by atoms with van der Waals surface area (Å²) in [5.74, 6) is 0.802. The molecule has 0 aromatic heterocycles. The summed E-state index contributed by atoms with van der Waals surface area (Å²) in [6.45, 7) is 8.98. The highest BCUT2D eigenvalue weighted by Crippen LogP contribution is 2.19. The van der Waals surface area contributed by atoms with Gasteiger partial charge in [0.05, 0.1) is 0 Å². The predicted molar refractivity (Wildman–Crippen MR) is 77.6 cm³/mol. The van der Waals surface area contributed by atoms with Crippen LogP contribution in [-0.2, 0) is 11.3 Å². The topological polar surface area (TPSA) is 32.3 Å². The number of carbonyl (C=O) groups is 1. The summed E-state index contributed by atoms with van der Waals surface area (Å²) >= 11 is 0. The van der Waals surface area contributed by atoms with Crippen molar-refractivity contribution in [3.63, 3.8) is 0 Å². The second-order valence-corrected chi connectivity index (χ2v) is 5.20. The lowest BCUT2D eigenvalue weighted by atomic mass is 9.88. The predicted octanol–water partition coefficient (Wildman–Crippen LogP) is 2.06. The van der Waals surface area contributed by atoms with E-state index in [9.17, 15) is 4.79 Å². The van der Waals surface area contributed by atoms with Gasteiger partial charge in [-0.3, -0.25) is 4.79 Å². The van der Waals surface area contributed by atoms with Crippen molar-refractivity contribution in [2.45, 2.75) is 13.5 Å². The molecular formula is C16H22N2O. The van der Waals surface area contributed by atoms with Crippen LogP contribution in [0.1, 0.15) is 12.5 Å². The van der Waals surface area contributed by atoms with Gasteiger partial charge in [-0.1, -0.05) is 43.3 Å². The average Bonchev–Trinajstić information content (AvgIpc) is 2.36. The van der Waals surface area contributed by atoms with E-state index in [1.807, 2.05) is 30.0 Å². The van der Waals surface area contributed by atoms with Gasteiger partial charge in [-0.2, -0.15) is 0 Å². The van der Waals surface area contributed by atoms with Crippen molar-refractivity contribution in [1.82, 2.24) is 10.2 Å². The average molecular weight is 258 g/mol. The van der Waals surface area contributed by atoms with Crippen LogP contribution in [0.5, 0.6) is 0 Å². The van der Waals surface area contributed by atoms with E-state index in [4.69, 9.17) is 0 Å². The summed E-state index contributed by atoms with van der Waals surface area (Å²) in [4.78, 5) is 14.4. The first-order chi connectivity index (χ1) is 9.22. The summed E-state index contributed by atoms with van der Waals surface area (Å²) in [5.41, 5.74) is 1.16. The molecule has 0 bridgehead atoms. The van der Waals surface area contributed by atoms with E-state index in [0.29, 0.717) is 19.0 Å². The minimum absolute atomic E-state index is 0.0879. The molecular weight excluding hydrogens is 236 g/mol. The standard InChI is InChI=1S/C16H22N2O/c1-3-9-18(12-14-7-5-4-6-8-14)16(19)13(2)15-10-17-11-15/h3-8,13,15,17H,1,9-12H2,2H3. The maximum Gasteiger partial charge on any atom is 0.226 e. The van der Waals surface area contributed by atoms with Crippen molar-refractivity contribution in [3.8, 4) is 0 Å². The molecule has 19 heavy (non-hydrogen) atoms. The first kappa shape index (κ1) is 13.8. The summed E-state index contributed by atoms with van der Waals surface area (Å²) in [7, 11) is 0. The van der Waals surface area contributed by atoms with E-state index in [1.165, 1.54) is 0 Å². The van der Waals surface area contributed by atoms with Gasteiger partial charge in [0.2, 0.25) is 5.91 Å². The van der Waals surface area contributed by atoms with Gasteiger partial charge in [0.15, 0.2) is 0 Å². The van der Waals surface area contributed by atoms with Gasteiger partial charge in [-0.05, 0) is 24.6 Å². The number of amides is 1. The molecule has 1 amide bonds. The zero-order valence-corrected chi connectivity index (χ0v) is 11.5. The van der Waals surface area contributed by atoms with E-state index in [2.05, 4.69) is 24.0 Å². The highest BCUT2D eigenvalue weighted by Gasteiger charge is 2.31. The lowest BCUT2D eigenvalue weighted by Gasteiger charge is -2.34. The SMILES string of the molecule is C=CCN(Cc1ccccc1)C(=O)C(C)C1CNC1. The molecule has 0 saturated carbocycles. The molecule has 1 fully saturated rings. The third-order valence-corrected chi connectivity index (χ3v) is 3.79. The summed E-state index contributed by atoms with van der Waals surface area (Å²) in [6.07, 6.45) is 1.80. The van der Waals surface area contributed by atoms with Crippen LogP contribution in [-0.4, -0.2) is 30.4 Å². The van der Waals surface area contributed by atoms with E-state index in [0.717, 1.165) is 18.7 Å². The number of hydrogen-bond acceptors (Lipinski definition) is 2. The Hall–Kier alpha value is -1.61. The van der Waals surface area contributed by atoms with Crippen molar-refractivity contribution in [2.75, 3.05) is 19.6 Å². The quantitative estimate of drug-likeness (QED) is 0.792. The molecule has 1 saturated heterocycles. The molecule has 1 aliphatic heterocycles. The van der Waals surface area contributed by atoms with Gasteiger partial charge in [0.25, 0.3) is 0 Å². The third-order valence-electron chi connectivity index (χ3n) is 3.79. The van der Waals surface area contributed by atoms with E-state index >= 15 is 0 Å². The minimum Gasteiger partial charge on any atom is -0.334 e. The zero-order chi connectivity index (χ0) is 13.7. The third kappa shape index (κ3) is 3.44. The molecule has 1 aromatic rings. The largest absolute Gasteiger partial charge is 0.334 e. The molecule has 2 rings (SSSR count). The van der Waals surface area contributed by atoms with E-state index in [1.54, 1.807) is 6.08 Å². The molecule has 3 heteroatoms. The van der Waals surface area contributed by atoms with Crippen LogP contribution in [0.25, 0.3) is 0 Å². The fraction of sp³-hybridized carbons (Fsp3) is 0.438. The Bertz CT molecular complexity index is 426. The first-order valence-corrected chi connectivity index (χ1v) is 6.86. The van der Waals surface area contributed by atoms with Crippen molar-refractivity contribution < 1.29 is 4.79 Å². The van der Waals surface area contributed by atoms with Crippen LogP contribution in [0, 0.1) is 11.8 Å². The number of nitrogens with one attached hydrogen (secondary N) is 1. The molecule has 1 N–H and O–H groups in total. The van der Waals surface area contributed by atoms with Gasteiger partial charge in [-0.15, -0.1) is 6.58 Å². The Morgan fingerprint density at radius 1 is 1.47 bits per heavy atom. The van der Waals surface area contributed by atoms with Crippen LogP contribution >= 0.6 is 0 Å². The molecule has 1 unspecified atom stereocenters. The summed E-state index contributed by atoms with van der Waals surface area (Å²) < 4.78 is 0. The van der Waals surface area contributed by atoms with Crippen molar-refractivity contribution in [2.24, 2.45) is 11.8 Å². The lowest BCUT2D eigenvalue weighted by molar-refractivity contribution is -0.137. The highest BCUT2D eigenvalue weighted by atomic mass is 16.2. The Kier molecular flexibility index (Phi) is 4.74. The first-order valence-electron chi connectivity index (χ1n) is 6.86. The van der Waals surface area contributed by atoms with Gasteiger partial charge in [0.1, 0.15) is 0 Å². The highest BCUT2D eigenvalue weighted by molar-refractivity contribution is 5.79. The van der Waals surface area contributed by atoms with Crippen LogP contribution in [0.3, 0.4) is 0 Å². The summed E-state index contributed by atoms with van der Waals surface area (Å²) in [5, 5.41) is 3.23. The summed E-state index contributed by atoms with van der Waals surface area (Å²) in [6, 6.07) is 10.1. The zero-order valence-electron chi connectivity index (χ0n) is 11.5. The van der Waals surface area contributed by atoms with Crippen molar-refractivity contribution >= 4 is 5.91 Å². The Morgan fingerprint density at radius 2 is 2.16 bits per heavy atom. The van der Waals surface area contributed by atoms with E-state index < -0.39 is 0 Å². The molecule has 102 valence electrons. The minimum atomic E-state index is 0.0879. The normalized spacial score (nSPS) is 16.5. The molecule has 1 aromatic carbocycles. The second-order valence-electron chi connectivity index (χ2n) is 5.20. The van der Waals surface area contributed by atoms with Gasteiger partial charge in [0, 0.05) is 19.0 Å². The fourth-order valence-corrected chi connectivity index (χ4v) is 2.35. The number of rotatable bonds is 6. The second kappa shape index (κ2) is 6.53. The molecule has 0 radical (unpaired) electrons. The monoisotopic (exact) mass is 258 g/mol. The molecule has 3 nitrogen and oxygen atoms in total. The Morgan fingerprint density at radius 3 is 2.68 bits per heavy atom. The maximum atomic E-state index is 12.5. The lowest BCUT2D eigenvalue weighted by Crippen LogP contribution is -2.50. The molecule has 0 aliphatic carbocycles. The van der Waals surface area contributed by atoms with Gasteiger partial charge < -0.3 is 10.2 Å². The molecule has 1 aliphatic rings. The number of carbonyl (C=O) groups excluding carboxylic acids is 1. The van der Waals surface area contributed by atoms with Crippen molar-refractivity contribution in [1.29, 1.82) is 0 Å². The van der Waals surface area contributed by atoms with E-state index in [-0.39, 0.29) is 11.8 Å². The van der Waals surface area contributed by atoms with Crippen LogP contribution < -0.4 is 5.32 Å². The molecule has 1 atom stereocenters. The number of benzene rings is 1. The van der Waals surface area contributed by atoms with Crippen LogP contribution in [0.2, 0.25) is 0 Å². The fourth-order valence-electron chi connectivity index (χ4n) is 2.35. The van der Waals surface area contributed by atoms with Gasteiger partial charge >= 0.3 is 0 Å². The Labute approximate surface area is 115 Å². The van der Waals surface area contributed by atoms with Gasteiger partial charge in [-0.25, -0.2) is 0 Å². The molecule has 1 heterocycles. The Balaban J connectivity index is 2.02. The number of hydrogen-bond donors (Lipinski definition) is 1. The number of nitrogens with zero attached hydrogens (tertiary/aromatic N) is 1. The maximum absolute atomic E-state index is 12.5. The van der Waals surface area contributed by atoms with Crippen LogP contribution in [0.4, 0.5) is 0 Å². The van der Waals surface area contributed by atoms with Crippen molar-refractivity contribution in [3.05, 3.63) is 48.6 Å². The van der Waals surface area contributed by atoms with Crippen LogP contribution in [0.15, 0.2) is 43.0 Å². The smallest absolute Gasteiger partial charge is 0.226 e.